The van der Waals surface area contributed by atoms with Crippen molar-refractivity contribution in [1.29, 1.82) is 0 Å². The molecule has 0 aromatic rings. The molecule has 4 unspecified atom stereocenters. The maximum Gasteiger partial charge on any atom is 0.157 e. The predicted molar refractivity (Wildman–Crippen MR) is 163 cm³/mol. The second kappa shape index (κ2) is 13.2. The van der Waals surface area contributed by atoms with Gasteiger partial charge in [0.15, 0.2) is 12.6 Å². The third-order valence-electron chi connectivity index (χ3n) is 12.8. The standard InChI is InChI=1S/C36H61FO4/c1-7-38-26(3)41-36(6,24-40-33-13-9-11-23-39-33)32(37)19-14-25(2)29-17-18-30-28-16-15-27-12-8-10-21-34(27,4)31(28)20-22-35(29,30)5/h15,25-26,28-33H,7-14,16-24H2,1-6H3/t25-,26?,28+,29-,30+,31+,32?,33?,34+,35-,36?/m1/s1. The van der Waals surface area contributed by atoms with Crippen LogP contribution in [0.3, 0.4) is 0 Å². The van der Waals surface area contributed by atoms with Crippen molar-refractivity contribution in [3.63, 3.8) is 0 Å². The number of fused-ring (bicyclic) bond motifs is 5. The number of hydrogen-bond donors (Lipinski definition) is 0. The van der Waals surface area contributed by atoms with Crippen LogP contribution in [0.2, 0.25) is 0 Å². The summed E-state index contributed by atoms with van der Waals surface area (Å²) in [6.07, 6.45) is 17.5. The largest absolute Gasteiger partial charge is 0.353 e. The molecule has 4 nitrogen and oxygen atoms in total. The molecule has 0 aromatic heterocycles. The fraction of sp³-hybridized carbons (Fsp3) is 0.944. The minimum absolute atomic E-state index is 0.186. The average Bonchev–Trinajstić information content (AvgIpc) is 3.32. The van der Waals surface area contributed by atoms with Crippen LogP contribution in [0, 0.1) is 40.4 Å². The fourth-order valence-electron chi connectivity index (χ4n) is 10.5. The lowest BCUT2D eigenvalue weighted by Crippen LogP contribution is -2.50. The Labute approximate surface area is 250 Å². The molecule has 3 saturated carbocycles. The summed E-state index contributed by atoms with van der Waals surface area (Å²) in [5, 5.41) is 0. The van der Waals surface area contributed by atoms with Crippen molar-refractivity contribution in [2.45, 2.75) is 156 Å². The van der Waals surface area contributed by atoms with Gasteiger partial charge in [0.25, 0.3) is 0 Å². The quantitative estimate of drug-likeness (QED) is 0.171. The number of rotatable bonds is 12. The van der Waals surface area contributed by atoms with E-state index in [2.05, 4.69) is 26.8 Å². The average molecular weight is 577 g/mol. The minimum Gasteiger partial charge on any atom is -0.353 e. The van der Waals surface area contributed by atoms with Crippen LogP contribution in [0.4, 0.5) is 4.39 Å². The summed E-state index contributed by atoms with van der Waals surface area (Å²) in [7, 11) is 0. The van der Waals surface area contributed by atoms with Gasteiger partial charge in [0, 0.05) is 13.2 Å². The third-order valence-corrected chi connectivity index (χ3v) is 12.8. The van der Waals surface area contributed by atoms with Crippen molar-refractivity contribution in [1.82, 2.24) is 0 Å². The molecular weight excluding hydrogens is 515 g/mol. The zero-order valence-electron chi connectivity index (χ0n) is 27.2. The summed E-state index contributed by atoms with van der Waals surface area (Å²) in [6, 6.07) is 0. The molecule has 4 aliphatic carbocycles. The predicted octanol–water partition coefficient (Wildman–Crippen LogP) is 9.41. The van der Waals surface area contributed by atoms with E-state index >= 15 is 4.39 Å². The first kappa shape index (κ1) is 31.9. The maximum atomic E-state index is 16.2. The van der Waals surface area contributed by atoms with Crippen LogP contribution in [0.1, 0.15) is 131 Å². The summed E-state index contributed by atoms with van der Waals surface area (Å²) in [5.41, 5.74) is 1.60. The van der Waals surface area contributed by atoms with Crippen molar-refractivity contribution < 1.29 is 23.3 Å². The first-order valence-corrected chi connectivity index (χ1v) is 17.5. The van der Waals surface area contributed by atoms with Gasteiger partial charge < -0.3 is 18.9 Å². The van der Waals surface area contributed by atoms with Gasteiger partial charge >= 0.3 is 0 Å². The molecule has 0 amide bonds. The Kier molecular flexibility index (Phi) is 10.3. The molecule has 4 fully saturated rings. The Morgan fingerprint density at radius 2 is 1.85 bits per heavy atom. The van der Waals surface area contributed by atoms with Crippen LogP contribution in [-0.4, -0.2) is 44.2 Å². The van der Waals surface area contributed by atoms with Gasteiger partial charge in [-0.15, -0.1) is 0 Å². The Morgan fingerprint density at radius 3 is 2.61 bits per heavy atom. The molecule has 41 heavy (non-hydrogen) atoms. The van der Waals surface area contributed by atoms with Gasteiger partial charge in [-0.1, -0.05) is 38.8 Å². The minimum atomic E-state index is -1.12. The Morgan fingerprint density at radius 1 is 1.02 bits per heavy atom. The van der Waals surface area contributed by atoms with Gasteiger partial charge in [-0.25, -0.2) is 4.39 Å². The van der Waals surface area contributed by atoms with Crippen LogP contribution in [0.25, 0.3) is 0 Å². The zero-order chi connectivity index (χ0) is 29.3. The summed E-state index contributed by atoms with van der Waals surface area (Å²) in [6.45, 7) is 14.8. The molecular formula is C36H61FO4. The van der Waals surface area contributed by atoms with E-state index in [4.69, 9.17) is 18.9 Å². The molecule has 1 saturated heterocycles. The van der Waals surface area contributed by atoms with Crippen molar-refractivity contribution >= 4 is 0 Å². The molecule has 5 rings (SSSR count). The zero-order valence-corrected chi connectivity index (χ0v) is 27.2. The van der Waals surface area contributed by atoms with Crippen LogP contribution in [0.5, 0.6) is 0 Å². The first-order chi connectivity index (χ1) is 19.6. The highest BCUT2D eigenvalue weighted by atomic mass is 19.1. The van der Waals surface area contributed by atoms with E-state index in [9.17, 15) is 0 Å². The highest BCUT2D eigenvalue weighted by molar-refractivity contribution is 5.24. The molecule has 0 aromatic carbocycles. The number of hydrogen-bond acceptors (Lipinski definition) is 4. The number of alkyl halides is 1. The van der Waals surface area contributed by atoms with Crippen LogP contribution in [0.15, 0.2) is 11.6 Å². The van der Waals surface area contributed by atoms with E-state index in [0.29, 0.717) is 42.3 Å². The Hall–Kier alpha value is -0.490. The van der Waals surface area contributed by atoms with E-state index < -0.39 is 18.1 Å². The molecule has 1 aliphatic heterocycles. The summed E-state index contributed by atoms with van der Waals surface area (Å²) >= 11 is 0. The van der Waals surface area contributed by atoms with Gasteiger partial charge in [0.05, 0.1) is 6.61 Å². The molecule has 5 heteroatoms. The Bertz CT molecular complexity index is 887. The van der Waals surface area contributed by atoms with Gasteiger partial charge in [-0.05, 0) is 145 Å². The number of halogens is 1. The summed E-state index contributed by atoms with van der Waals surface area (Å²) in [5.74, 6) is 3.75. The van der Waals surface area contributed by atoms with Crippen LogP contribution < -0.4 is 0 Å². The lowest BCUT2D eigenvalue weighted by atomic mass is 9.47. The Balaban J connectivity index is 1.21. The monoisotopic (exact) mass is 576 g/mol. The van der Waals surface area contributed by atoms with Crippen molar-refractivity contribution in [3.8, 4) is 0 Å². The third kappa shape index (κ3) is 6.50. The van der Waals surface area contributed by atoms with Gasteiger partial charge in [-0.3, -0.25) is 0 Å². The molecule has 0 N–H and O–H groups in total. The first-order valence-electron chi connectivity index (χ1n) is 17.5. The van der Waals surface area contributed by atoms with E-state index in [0.717, 1.165) is 43.4 Å². The second-order valence-electron chi connectivity index (χ2n) is 15.3. The van der Waals surface area contributed by atoms with Crippen molar-refractivity contribution in [3.05, 3.63) is 11.6 Å². The lowest BCUT2D eigenvalue weighted by Gasteiger charge is -2.58. The van der Waals surface area contributed by atoms with Gasteiger partial charge in [-0.2, -0.15) is 0 Å². The number of allylic oxidation sites excluding steroid dienone is 2. The molecule has 0 spiro atoms. The van der Waals surface area contributed by atoms with Gasteiger partial charge in [0.2, 0.25) is 0 Å². The van der Waals surface area contributed by atoms with Crippen LogP contribution >= 0.6 is 0 Å². The van der Waals surface area contributed by atoms with E-state index in [1.807, 2.05) is 20.8 Å². The number of ether oxygens (including phenoxy) is 4. The fourth-order valence-corrected chi connectivity index (χ4v) is 10.5. The molecule has 1 heterocycles. The van der Waals surface area contributed by atoms with E-state index in [1.165, 1.54) is 57.8 Å². The lowest BCUT2D eigenvalue weighted by molar-refractivity contribution is -0.256. The molecule has 0 radical (unpaired) electrons. The van der Waals surface area contributed by atoms with Gasteiger partial charge in [0.1, 0.15) is 11.8 Å². The SMILES string of the molecule is CCOC(C)OC(C)(COC1CCCCO1)C(F)CC[C@@H](C)[C@H]1CC[C@H]2[C@@H]3CC=C4CCCC[C@]4(C)[C@H]3CC[C@]12C. The summed E-state index contributed by atoms with van der Waals surface area (Å²) in [4.78, 5) is 0. The molecule has 0 bridgehead atoms. The maximum absolute atomic E-state index is 16.2. The smallest absolute Gasteiger partial charge is 0.157 e. The second-order valence-corrected chi connectivity index (χ2v) is 15.3. The van der Waals surface area contributed by atoms with Crippen molar-refractivity contribution in [2.24, 2.45) is 40.4 Å². The summed E-state index contributed by atoms with van der Waals surface area (Å²) < 4.78 is 39.9. The molecule has 5 aliphatic rings. The topological polar surface area (TPSA) is 36.9 Å². The molecule has 11 atom stereocenters. The highest BCUT2D eigenvalue weighted by Crippen LogP contribution is 2.67. The normalized spacial score (nSPS) is 40.9. The van der Waals surface area contributed by atoms with E-state index in [-0.39, 0.29) is 12.9 Å². The highest BCUT2D eigenvalue weighted by Gasteiger charge is 2.58. The van der Waals surface area contributed by atoms with Crippen molar-refractivity contribution in [2.75, 3.05) is 19.8 Å². The molecule has 236 valence electrons. The van der Waals surface area contributed by atoms with Crippen LogP contribution in [-0.2, 0) is 18.9 Å². The van der Waals surface area contributed by atoms with E-state index in [1.54, 1.807) is 5.57 Å².